The van der Waals surface area contributed by atoms with E-state index in [1.54, 1.807) is 29.5 Å². The number of H-pyrrole nitrogens is 1. The Morgan fingerprint density at radius 1 is 1.22 bits per heavy atom. The molecule has 136 valence electrons. The van der Waals surface area contributed by atoms with Crippen LogP contribution >= 0.6 is 34.3 Å². The van der Waals surface area contributed by atoms with Crippen LogP contribution in [0.4, 0.5) is 0 Å². The van der Waals surface area contributed by atoms with Gasteiger partial charge in [-0.2, -0.15) is 0 Å². The van der Waals surface area contributed by atoms with E-state index in [1.165, 1.54) is 15.3 Å². The predicted octanol–water partition coefficient (Wildman–Crippen LogP) is 4.85. The second-order valence-electron chi connectivity index (χ2n) is 6.61. The summed E-state index contributed by atoms with van der Waals surface area (Å²) >= 11 is 9.69. The molecule has 0 fully saturated rings. The Hall–Kier alpha value is -1.99. The van der Waals surface area contributed by atoms with Crippen molar-refractivity contribution in [2.45, 2.75) is 19.0 Å². The van der Waals surface area contributed by atoms with Crippen molar-refractivity contribution in [3.8, 4) is 0 Å². The van der Waals surface area contributed by atoms with Crippen LogP contribution in [-0.4, -0.2) is 21.4 Å². The van der Waals surface area contributed by atoms with Crippen molar-refractivity contribution in [3.63, 3.8) is 0 Å². The van der Waals surface area contributed by atoms with E-state index in [2.05, 4.69) is 43.8 Å². The number of halogens is 1. The topological polar surface area (TPSA) is 49.0 Å². The molecule has 0 saturated heterocycles. The lowest BCUT2D eigenvalue weighted by atomic mass is 9.98. The molecule has 0 spiro atoms. The quantitative estimate of drug-likeness (QED) is 0.522. The molecule has 1 N–H and O–H groups in total. The van der Waals surface area contributed by atoms with Gasteiger partial charge < -0.3 is 4.98 Å². The van der Waals surface area contributed by atoms with Crippen LogP contribution in [0.1, 0.15) is 27.2 Å². The lowest BCUT2D eigenvalue weighted by molar-refractivity contribution is 0.204. The molecular weight excluding hydrogens is 398 g/mol. The zero-order valence-corrected chi connectivity index (χ0v) is 16.7. The van der Waals surface area contributed by atoms with E-state index in [9.17, 15) is 4.79 Å². The highest BCUT2D eigenvalue weighted by molar-refractivity contribution is 7.10. The fourth-order valence-corrected chi connectivity index (χ4v) is 5.69. The summed E-state index contributed by atoms with van der Waals surface area (Å²) in [6, 6.07) is 11.9. The van der Waals surface area contributed by atoms with Crippen molar-refractivity contribution in [1.82, 2.24) is 14.9 Å². The van der Waals surface area contributed by atoms with Crippen molar-refractivity contribution < 1.29 is 0 Å². The third kappa shape index (κ3) is 3.12. The van der Waals surface area contributed by atoms with E-state index in [0.29, 0.717) is 28.3 Å². The second-order valence-corrected chi connectivity index (χ2v) is 9.03. The number of fused-ring (bicyclic) bond motifs is 2. The maximum atomic E-state index is 12.5. The molecule has 5 rings (SSSR count). The average Bonchev–Trinajstić information content (AvgIpc) is 3.33. The normalized spacial score (nSPS) is 17.3. The monoisotopic (exact) mass is 413 g/mol. The molecule has 1 atom stereocenters. The molecule has 4 aromatic rings. The molecule has 0 unspecified atom stereocenters. The molecule has 0 saturated carbocycles. The van der Waals surface area contributed by atoms with Gasteiger partial charge in [0.15, 0.2) is 0 Å². The first-order valence-corrected chi connectivity index (χ1v) is 10.8. The van der Waals surface area contributed by atoms with Crippen LogP contribution in [0.5, 0.6) is 0 Å². The highest BCUT2D eigenvalue weighted by Gasteiger charge is 2.30. The van der Waals surface area contributed by atoms with Crippen molar-refractivity contribution in [3.05, 3.63) is 83.7 Å². The number of hydrogen-bond donors (Lipinski definition) is 1. The Morgan fingerprint density at radius 2 is 2.15 bits per heavy atom. The number of aromatic amines is 1. The van der Waals surface area contributed by atoms with E-state index in [1.807, 2.05) is 11.3 Å². The lowest BCUT2D eigenvalue weighted by Gasteiger charge is -2.35. The SMILES string of the molecule is O=c1[nH]c(CN2CCc3sccc3[C@H]2c2cccs2)nc2cc(Cl)ccc12. The number of thiophene rings is 2. The van der Waals surface area contributed by atoms with Gasteiger partial charge in [0.1, 0.15) is 5.82 Å². The fraction of sp³-hybridized carbons (Fsp3) is 0.200. The van der Waals surface area contributed by atoms with Gasteiger partial charge in [0.05, 0.1) is 23.5 Å². The molecule has 4 heterocycles. The van der Waals surface area contributed by atoms with Gasteiger partial charge >= 0.3 is 0 Å². The highest BCUT2D eigenvalue weighted by Crippen LogP contribution is 2.39. The summed E-state index contributed by atoms with van der Waals surface area (Å²) in [4.78, 5) is 25.3. The van der Waals surface area contributed by atoms with Crippen LogP contribution in [0, 0.1) is 0 Å². The summed E-state index contributed by atoms with van der Waals surface area (Å²) in [6.45, 7) is 1.53. The lowest BCUT2D eigenvalue weighted by Crippen LogP contribution is -2.35. The van der Waals surface area contributed by atoms with Crippen LogP contribution in [0.25, 0.3) is 10.9 Å². The molecule has 3 aromatic heterocycles. The molecule has 0 amide bonds. The second kappa shape index (κ2) is 6.87. The Morgan fingerprint density at radius 3 is 3.00 bits per heavy atom. The number of nitrogens with zero attached hydrogens (tertiary/aromatic N) is 2. The Kier molecular flexibility index (Phi) is 4.36. The molecule has 1 aliphatic heterocycles. The Bertz CT molecular complexity index is 1170. The maximum absolute atomic E-state index is 12.5. The van der Waals surface area contributed by atoms with Crippen molar-refractivity contribution in [2.24, 2.45) is 0 Å². The molecule has 0 bridgehead atoms. The van der Waals surface area contributed by atoms with Gasteiger partial charge in [-0.1, -0.05) is 17.7 Å². The summed E-state index contributed by atoms with van der Waals surface area (Å²) in [5.74, 6) is 0.676. The molecule has 0 radical (unpaired) electrons. The van der Waals surface area contributed by atoms with E-state index >= 15 is 0 Å². The van der Waals surface area contributed by atoms with E-state index < -0.39 is 0 Å². The minimum Gasteiger partial charge on any atom is -0.309 e. The third-order valence-electron chi connectivity index (χ3n) is 4.95. The summed E-state index contributed by atoms with van der Waals surface area (Å²) < 4.78 is 0. The van der Waals surface area contributed by atoms with Crippen LogP contribution < -0.4 is 5.56 Å². The Labute approximate surface area is 169 Å². The highest BCUT2D eigenvalue weighted by atomic mass is 35.5. The van der Waals surface area contributed by atoms with E-state index in [4.69, 9.17) is 11.6 Å². The average molecular weight is 414 g/mol. The zero-order chi connectivity index (χ0) is 18.4. The minimum absolute atomic E-state index is 0.118. The first-order valence-electron chi connectivity index (χ1n) is 8.71. The van der Waals surface area contributed by atoms with Gasteiger partial charge in [-0.05, 0) is 53.1 Å². The first-order chi connectivity index (χ1) is 13.2. The standard InChI is InChI=1S/C20H16ClN3OS2/c21-12-3-4-13-15(10-12)22-18(23-20(13)25)11-24-7-5-16-14(6-9-27-16)19(24)17-2-1-8-26-17/h1-4,6,8-10,19H,5,7,11H2,(H,22,23,25)/t19-/m0/s1. The molecule has 27 heavy (non-hydrogen) atoms. The van der Waals surface area contributed by atoms with E-state index in [-0.39, 0.29) is 11.6 Å². The van der Waals surface area contributed by atoms with Crippen LogP contribution in [0.2, 0.25) is 5.02 Å². The van der Waals surface area contributed by atoms with Gasteiger partial charge in [0.25, 0.3) is 5.56 Å². The van der Waals surface area contributed by atoms with Gasteiger partial charge in [-0.15, -0.1) is 22.7 Å². The molecule has 4 nitrogen and oxygen atoms in total. The largest absolute Gasteiger partial charge is 0.309 e. The zero-order valence-electron chi connectivity index (χ0n) is 14.3. The van der Waals surface area contributed by atoms with Crippen molar-refractivity contribution in [2.75, 3.05) is 6.54 Å². The summed E-state index contributed by atoms with van der Waals surface area (Å²) in [6.07, 6.45) is 1.03. The number of rotatable bonds is 3. The predicted molar refractivity (Wildman–Crippen MR) is 112 cm³/mol. The van der Waals surface area contributed by atoms with Crippen molar-refractivity contribution >= 4 is 45.2 Å². The molecule has 1 aromatic carbocycles. The van der Waals surface area contributed by atoms with Gasteiger partial charge in [-0.3, -0.25) is 9.69 Å². The first kappa shape index (κ1) is 17.1. The van der Waals surface area contributed by atoms with Gasteiger partial charge in [0.2, 0.25) is 0 Å². The van der Waals surface area contributed by atoms with Crippen molar-refractivity contribution in [1.29, 1.82) is 0 Å². The van der Waals surface area contributed by atoms with E-state index in [0.717, 1.165) is 13.0 Å². The smallest absolute Gasteiger partial charge is 0.258 e. The van der Waals surface area contributed by atoms with Crippen LogP contribution in [-0.2, 0) is 13.0 Å². The summed E-state index contributed by atoms with van der Waals surface area (Å²) in [7, 11) is 0. The molecule has 7 heteroatoms. The Balaban J connectivity index is 1.55. The van der Waals surface area contributed by atoms with Gasteiger partial charge in [-0.25, -0.2) is 4.98 Å². The number of nitrogens with one attached hydrogen (secondary N) is 1. The minimum atomic E-state index is -0.118. The number of hydrogen-bond acceptors (Lipinski definition) is 5. The van der Waals surface area contributed by atoms with Crippen LogP contribution in [0.15, 0.2) is 52.0 Å². The number of benzene rings is 1. The number of aromatic nitrogens is 2. The maximum Gasteiger partial charge on any atom is 0.258 e. The molecular formula is C20H16ClN3OS2. The molecule has 0 aliphatic carbocycles. The van der Waals surface area contributed by atoms with Gasteiger partial charge in [0, 0.05) is 21.3 Å². The fourth-order valence-electron chi connectivity index (χ4n) is 3.75. The molecule has 1 aliphatic rings. The summed E-state index contributed by atoms with van der Waals surface area (Å²) in [5.41, 5.74) is 1.90. The summed E-state index contributed by atoms with van der Waals surface area (Å²) in [5, 5.41) is 5.44. The third-order valence-corrected chi connectivity index (χ3v) is 7.11. The van der Waals surface area contributed by atoms with Crippen LogP contribution in [0.3, 0.4) is 0 Å².